The van der Waals surface area contributed by atoms with Gasteiger partial charge in [0.25, 0.3) is 0 Å². The molecule has 5 heteroatoms. The van der Waals surface area contributed by atoms with Gasteiger partial charge >= 0.3 is 0 Å². The molecule has 0 saturated carbocycles. The van der Waals surface area contributed by atoms with Crippen molar-refractivity contribution in [2.45, 2.75) is 40.2 Å². The van der Waals surface area contributed by atoms with Gasteiger partial charge in [0.2, 0.25) is 5.95 Å². The average molecular weight is 349 g/mol. The highest BCUT2D eigenvalue weighted by molar-refractivity contribution is 9.10. The molecule has 2 N–H and O–H groups in total. The van der Waals surface area contributed by atoms with Crippen LogP contribution in [-0.4, -0.2) is 15.5 Å². The second-order valence-corrected chi connectivity index (χ2v) is 7.04. The van der Waals surface area contributed by atoms with Crippen LogP contribution in [0.4, 0.5) is 17.5 Å². The first kappa shape index (κ1) is 15.8. The maximum atomic E-state index is 4.52. The Balaban J connectivity index is 2.25. The van der Waals surface area contributed by atoms with E-state index in [-0.39, 0.29) is 5.54 Å². The van der Waals surface area contributed by atoms with Crippen molar-refractivity contribution in [3.63, 3.8) is 0 Å². The van der Waals surface area contributed by atoms with E-state index in [1.54, 1.807) is 0 Å². The lowest BCUT2D eigenvalue weighted by Gasteiger charge is -2.21. The number of nitrogens with zero attached hydrogens (tertiary/aromatic N) is 2. The molecule has 0 saturated heterocycles. The molecule has 0 fully saturated rings. The third-order valence-corrected chi connectivity index (χ3v) is 3.64. The molecule has 1 aromatic heterocycles. The fraction of sp³-hybridized carbons (Fsp3) is 0.375. The van der Waals surface area contributed by atoms with E-state index in [4.69, 9.17) is 0 Å². The minimum atomic E-state index is -0.0715. The van der Waals surface area contributed by atoms with Gasteiger partial charge in [-0.25, -0.2) is 4.98 Å². The Hall–Kier alpha value is -1.62. The van der Waals surface area contributed by atoms with Gasteiger partial charge in [-0.15, -0.1) is 0 Å². The summed E-state index contributed by atoms with van der Waals surface area (Å²) in [6.45, 7) is 10.3. The Morgan fingerprint density at radius 3 is 2.38 bits per heavy atom. The van der Waals surface area contributed by atoms with E-state index in [2.05, 4.69) is 70.3 Å². The van der Waals surface area contributed by atoms with Gasteiger partial charge in [0.15, 0.2) is 0 Å². The Labute approximate surface area is 134 Å². The van der Waals surface area contributed by atoms with Crippen LogP contribution in [-0.2, 0) is 0 Å². The maximum absolute atomic E-state index is 4.52. The first-order valence-electron chi connectivity index (χ1n) is 6.90. The van der Waals surface area contributed by atoms with Crippen LogP contribution in [0, 0.1) is 13.8 Å². The van der Waals surface area contributed by atoms with Crippen LogP contribution in [0.2, 0.25) is 0 Å². The summed E-state index contributed by atoms with van der Waals surface area (Å²) in [4.78, 5) is 8.94. The summed E-state index contributed by atoms with van der Waals surface area (Å²) in [5, 5.41) is 6.61. The molecule has 0 aliphatic rings. The van der Waals surface area contributed by atoms with E-state index in [9.17, 15) is 0 Å². The molecule has 2 rings (SSSR count). The van der Waals surface area contributed by atoms with Gasteiger partial charge in [-0.05, 0) is 52.3 Å². The van der Waals surface area contributed by atoms with Gasteiger partial charge in [-0.3, -0.25) is 0 Å². The zero-order valence-electron chi connectivity index (χ0n) is 13.1. The third kappa shape index (κ3) is 4.70. The molecule has 0 atom stereocenters. The summed E-state index contributed by atoms with van der Waals surface area (Å²) in [5.74, 6) is 1.42. The highest BCUT2D eigenvalue weighted by atomic mass is 79.9. The van der Waals surface area contributed by atoms with Crippen molar-refractivity contribution in [2.75, 3.05) is 10.6 Å². The molecule has 0 spiro atoms. The van der Waals surface area contributed by atoms with Crippen LogP contribution in [0.25, 0.3) is 0 Å². The van der Waals surface area contributed by atoms with Gasteiger partial charge in [-0.1, -0.05) is 22.0 Å². The number of hydrogen-bond acceptors (Lipinski definition) is 4. The summed E-state index contributed by atoms with van der Waals surface area (Å²) in [5.41, 5.74) is 3.05. The van der Waals surface area contributed by atoms with Crippen molar-refractivity contribution < 1.29 is 0 Å². The van der Waals surface area contributed by atoms with E-state index in [0.29, 0.717) is 5.95 Å². The summed E-state index contributed by atoms with van der Waals surface area (Å²) >= 11 is 3.54. The third-order valence-electron chi connectivity index (χ3n) is 2.79. The van der Waals surface area contributed by atoms with Crippen LogP contribution < -0.4 is 10.6 Å². The zero-order valence-corrected chi connectivity index (χ0v) is 14.7. The number of hydrogen-bond donors (Lipinski definition) is 2. The maximum Gasteiger partial charge on any atom is 0.225 e. The molecule has 0 aliphatic heterocycles. The average Bonchev–Trinajstić information content (AvgIpc) is 2.31. The first-order valence-corrected chi connectivity index (χ1v) is 7.69. The normalized spacial score (nSPS) is 11.3. The van der Waals surface area contributed by atoms with Gasteiger partial charge in [0.1, 0.15) is 5.82 Å². The Kier molecular flexibility index (Phi) is 4.52. The smallest absolute Gasteiger partial charge is 0.225 e. The predicted octanol–water partition coefficient (Wildman–Crippen LogP) is 4.81. The number of aromatic nitrogens is 2. The lowest BCUT2D eigenvalue weighted by Crippen LogP contribution is -2.27. The lowest BCUT2D eigenvalue weighted by atomic mass is 10.1. The van der Waals surface area contributed by atoms with E-state index < -0.39 is 0 Å². The second kappa shape index (κ2) is 6.02. The monoisotopic (exact) mass is 348 g/mol. The molecular formula is C16H21BrN4. The Morgan fingerprint density at radius 1 is 1.05 bits per heavy atom. The molecule has 4 nitrogen and oxygen atoms in total. The van der Waals surface area contributed by atoms with Crippen molar-refractivity contribution in [3.8, 4) is 0 Å². The number of anilines is 3. The van der Waals surface area contributed by atoms with E-state index in [1.165, 1.54) is 5.56 Å². The SMILES string of the molecule is Cc1cc(Nc2ccc(C)c(Br)c2)nc(NC(C)(C)C)n1. The Bertz CT molecular complexity index is 647. The van der Waals surface area contributed by atoms with Crippen LogP contribution >= 0.6 is 15.9 Å². The molecule has 21 heavy (non-hydrogen) atoms. The lowest BCUT2D eigenvalue weighted by molar-refractivity contribution is 0.625. The Morgan fingerprint density at radius 2 is 1.76 bits per heavy atom. The van der Waals surface area contributed by atoms with Crippen molar-refractivity contribution in [3.05, 3.63) is 40.0 Å². The molecule has 1 heterocycles. The fourth-order valence-corrected chi connectivity index (χ4v) is 2.22. The van der Waals surface area contributed by atoms with Gasteiger partial charge in [0, 0.05) is 27.5 Å². The van der Waals surface area contributed by atoms with Gasteiger partial charge < -0.3 is 10.6 Å². The largest absolute Gasteiger partial charge is 0.350 e. The molecule has 2 aromatic rings. The molecule has 112 valence electrons. The summed E-state index contributed by atoms with van der Waals surface area (Å²) < 4.78 is 1.08. The molecule has 0 unspecified atom stereocenters. The minimum Gasteiger partial charge on any atom is -0.350 e. The number of halogens is 1. The molecular weight excluding hydrogens is 328 g/mol. The molecule has 0 radical (unpaired) electrons. The van der Waals surface area contributed by atoms with Crippen molar-refractivity contribution in [2.24, 2.45) is 0 Å². The summed E-state index contributed by atoms with van der Waals surface area (Å²) in [6, 6.07) is 8.08. The molecule has 0 amide bonds. The van der Waals surface area contributed by atoms with Gasteiger partial charge in [-0.2, -0.15) is 4.98 Å². The van der Waals surface area contributed by atoms with E-state index in [1.807, 2.05) is 25.1 Å². The fourth-order valence-electron chi connectivity index (χ4n) is 1.84. The highest BCUT2D eigenvalue weighted by Gasteiger charge is 2.12. The van der Waals surface area contributed by atoms with Crippen LogP contribution in [0.1, 0.15) is 32.0 Å². The van der Waals surface area contributed by atoms with Crippen LogP contribution in [0.5, 0.6) is 0 Å². The van der Waals surface area contributed by atoms with Gasteiger partial charge in [0.05, 0.1) is 0 Å². The quantitative estimate of drug-likeness (QED) is 0.835. The topological polar surface area (TPSA) is 49.8 Å². The van der Waals surface area contributed by atoms with E-state index >= 15 is 0 Å². The molecule has 0 bridgehead atoms. The van der Waals surface area contributed by atoms with Crippen LogP contribution in [0.3, 0.4) is 0 Å². The second-order valence-electron chi connectivity index (χ2n) is 6.18. The van der Waals surface area contributed by atoms with E-state index in [0.717, 1.165) is 21.7 Å². The number of nitrogens with one attached hydrogen (secondary N) is 2. The number of benzene rings is 1. The number of aryl methyl sites for hydroxylation is 2. The minimum absolute atomic E-state index is 0.0715. The standard InChI is InChI=1S/C16H21BrN4/c1-10-6-7-12(9-13(10)17)19-14-8-11(2)18-15(20-14)21-16(3,4)5/h6-9H,1-5H3,(H2,18,19,20,21). The highest BCUT2D eigenvalue weighted by Crippen LogP contribution is 2.24. The van der Waals surface area contributed by atoms with Crippen molar-refractivity contribution >= 4 is 33.4 Å². The summed E-state index contributed by atoms with van der Waals surface area (Å²) in [6.07, 6.45) is 0. The first-order chi connectivity index (χ1) is 9.73. The zero-order chi connectivity index (χ0) is 15.6. The van der Waals surface area contributed by atoms with Crippen molar-refractivity contribution in [1.29, 1.82) is 0 Å². The van der Waals surface area contributed by atoms with Crippen molar-refractivity contribution in [1.82, 2.24) is 9.97 Å². The molecule has 0 aliphatic carbocycles. The number of rotatable bonds is 3. The predicted molar refractivity (Wildman–Crippen MR) is 92.3 cm³/mol. The van der Waals surface area contributed by atoms with Crippen LogP contribution in [0.15, 0.2) is 28.7 Å². The molecule has 1 aromatic carbocycles. The summed E-state index contributed by atoms with van der Waals surface area (Å²) in [7, 11) is 0.